The number of aromatic hydroxyl groups is 1. The second kappa shape index (κ2) is 8.33. The van der Waals surface area contributed by atoms with Crippen molar-refractivity contribution >= 4 is 38.7 Å². The largest absolute Gasteiger partial charge is 0.504 e. The summed E-state index contributed by atoms with van der Waals surface area (Å²) in [4.78, 5) is 8.48. The first-order chi connectivity index (χ1) is 13.0. The summed E-state index contributed by atoms with van der Waals surface area (Å²) in [5, 5.41) is 11.6. The number of rotatable bonds is 6. The SMILES string of the molecule is CCNS(=O)(=O)c1scc(N=C(N)C(N)=N[C@@H](c2ccco2)C(C)(C)C)c1O. The molecule has 0 bridgehead atoms. The second-order valence-corrected chi connectivity index (χ2v) is 9.90. The van der Waals surface area contributed by atoms with E-state index >= 15 is 0 Å². The van der Waals surface area contributed by atoms with Gasteiger partial charge in [-0.3, -0.25) is 4.99 Å². The molecule has 0 aliphatic heterocycles. The highest BCUT2D eigenvalue weighted by molar-refractivity contribution is 7.91. The zero-order chi connectivity index (χ0) is 21.1. The molecule has 0 amide bonds. The second-order valence-electron chi connectivity index (χ2n) is 7.05. The Morgan fingerprint density at radius 2 is 2.04 bits per heavy atom. The van der Waals surface area contributed by atoms with Crippen LogP contribution in [-0.2, 0) is 10.0 Å². The van der Waals surface area contributed by atoms with Gasteiger partial charge in [-0.25, -0.2) is 18.1 Å². The maximum absolute atomic E-state index is 12.1. The Kier molecular flexibility index (Phi) is 6.52. The van der Waals surface area contributed by atoms with Crippen molar-refractivity contribution in [1.82, 2.24) is 4.72 Å². The molecular formula is C17H25N5O4S2. The van der Waals surface area contributed by atoms with Crippen LogP contribution in [0.15, 0.2) is 42.4 Å². The summed E-state index contributed by atoms with van der Waals surface area (Å²) in [6.45, 7) is 7.77. The van der Waals surface area contributed by atoms with Gasteiger partial charge in [-0.1, -0.05) is 27.7 Å². The van der Waals surface area contributed by atoms with E-state index in [0.29, 0.717) is 5.76 Å². The molecule has 154 valence electrons. The van der Waals surface area contributed by atoms with E-state index in [4.69, 9.17) is 15.9 Å². The van der Waals surface area contributed by atoms with Crippen LogP contribution in [0.25, 0.3) is 0 Å². The lowest BCUT2D eigenvalue weighted by Gasteiger charge is -2.25. The maximum atomic E-state index is 12.1. The van der Waals surface area contributed by atoms with Crippen LogP contribution in [0.3, 0.4) is 0 Å². The molecule has 28 heavy (non-hydrogen) atoms. The quantitative estimate of drug-likeness (QED) is 0.410. The predicted molar refractivity (Wildman–Crippen MR) is 111 cm³/mol. The molecule has 2 aromatic heterocycles. The molecule has 0 radical (unpaired) electrons. The molecule has 6 N–H and O–H groups in total. The summed E-state index contributed by atoms with van der Waals surface area (Å²) in [6.07, 6.45) is 1.55. The highest BCUT2D eigenvalue weighted by atomic mass is 32.2. The summed E-state index contributed by atoms with van der Waals surface area (Å²) < 4.78 is 31.7. The fourth-order valence-corrected chi connectivity index (χ4v) is 4.67. The Hall–Kier alpha value is -2.37. The van der Waals surface area contributed by atoms with Crippen LogP contribution in [0.2, 0.25) is 0 Å². The number of nitrogens with zero attached hydrogens (tertiary/aromatic N) is 2. The van der Waals surface area contributed by atoms with E-state index in [1.807, 2.05) is 20.8 Å². The van der Waals surface area contributed by atoms with Gasteiger partial charge in [-0.15, -0.1) is 11.3 Å². The molecule has 0 aliphatic carbocycles. The van der Waals surface area contributed by atoms with Crippen molar-refractivity contribution in [3.8, 4) is 5.75 Å². The van der Waals surface area contributed by atoms with Crippen LogP contribution in [0.4, 0.5) is 5.69 Å². The number of nitrogens with two attached hydrogens (primary N) is 2. The number of hydrogen-bond donors (Lipinski definition) is 4. The molecule has 11 heteroatoms. The summed E-state index contributed by atoms with van der Waals surface area (Å²) in [5.74, 6) is -0.0416. The smallest absolute Gasteiger partial charge is 0.253 e. The zero-order valence-electron chi connectivity index (χ0n) is 16.1. The Labute approximate surface area is 168 Å². The fourth-order valence-electron chi connectivity index (χ4n) is 2.37. The Morgan fingerprint density at radius 1 is 1.36 bits per heavy atom. The van der Waals surface area contributed by atoms with Gasteiger partial charge in [0.15, 0.2) is 21.6 Å². The van der Waals surface area contributed by atoms with Gasteiger partial charge < -0.3 is 21.0 Å². The lowest BCUT2D eigenvalue weighted by molar-refractivity contribution is 0.287. The van der Waals surface area contributed by atoms with Crippen LogP contribution in [-0.4, -0.2) is 31.7 Å². The number of amidine groups is 2. The normalized spacial score (nSPS) is 15.0. The lowest BCUT2D eigenvalue weighted by atomic mass is 9.85. The van der Waals surface area contributed by atoms with Gasteiger partial charge in [0.2, 0.25) is 0 Å². The molecule has 0 saturated heterocycles. The molecule has 2 aromatic rings. The van der Waals surface area contributed by atoms with E-state index < -0.39 is 21.8 Å². The lowest BCUT2D eigenvalue weighted by Crippen LogP contribution is -2.33. The van der Waals surface area contributed by atoms with E-state index in [0.717, 1.165) is 11.3 Å². The molecular weight excluding hydrogens is 402 g/mol. The summed E-state index contributed by atoms with van der Waals surface area (Å²) in [6, 6.07) is 3.15. The van der Waals surface area contributed by atoms with Gasteiger partial charge in [-0.05, 0) is 17.5 Å². The highest BCUT2D eigenvalue weighted by Gasteiger charge is 2.29. The molecule has 2 rings (SSSR count). The van der Waals surface area contributed by atoms with Gasteiger partial charge in [0, 0.05) is 11.9 Å². The van der Waals surface area contributed by atoms with E-state index in [2.05, 4.69) is 14.7 Å². The molecule has 1 atom stereocenters. The molecule has 9 nitrogen and oxygen atoms in total. The van der Waals surface area contributed by atoms with Crippen molar-refractivity contribution < 1.29 is 17.9 Å². The van der Waals surface area contributed by atoms with Crippen LogP contribution in [0, 0.1) is 5.41 Å². The Morgan fingerprint density at radius 3 is 2.57 bits per heavy atom. The van der Waals surface area contributed by atoms with Crippen LogP contribution < -0.4 is 16.2 Å². The molecule has 0 fully saturated rings. The van der Waals surface area contributed by atoms with Crippen LogP contribution in [0.5, 0.6) is 5.75 Å². The third-order valence-electron chi connectivity index (χ3n) is 3.70. The molecule has 0 aliphatic rings. The predicted octanol–water partition coefficient (Wildman–Crippen LogP) is 2.48. The minimum Gasteiger partial charge on any atom is -0.504 e. The van der Waals surface area contributed by atoms with E-state index in [9.17, 15) is 13.5 Å². The summed E-state index contributed by atoms with van der Waals surface area (Å²) in [7, 11) is -3.81. The minimum atomic E-state index is -3.81. The van der Waals surface area contributed by atoms with Crippen LogP contribution >= 0.6 is 11.3 Å². The monoisotopic (exact) mass is 427 g/mol. The minimum absolute atomic E-state index is 0.00225. The van der Waals surface area contributed by atoms with Gasteiger partial charge in [0.25, 0.3) is 10.0 Å². The van der Waals surface area contributed by atoms with E-state index in [1.165, 1.54) is 5.38 Å². The van der Waals surface area contributed by atoms with Crippen molar-refractivity contribution in [3.63, 3.8) is 0 Å². The first kappa shape index (κ1) is 21.9. The summed E-state index contributed by atoms with van der Waals surface area (Å²) >= 11 is 0.834. The van der Waals surface area contributed by atoms with Gasteiger partial charge in [0.05, 0.1) is 6.26 Å². The van der Waals surface area contributed by atoms with Crippen molar-refractivity contribution in [1.29, 1.82) is 0 Å². The third-order valence-corrected chi connectivity index (χ3v) is 6.74. The van der Waals surface area contributed by atoms with Gasteiger partial charge in [-0.2, -0.15) is 0 Å². The van der Waals surface area contributed by atoms with E-state index in [1.54, 1.807) is 25.3 Å². The molecule has 0 aromatic carbocycles. The average Bonchev–Trinajstić information content (AvgIpc) is 3.22. The van der Waals surface area contributed by atoms with Crippen molar-refractivity contribution in [3.05, 3.63) is 29.5 Å². The highest BCUT2D eigenvalue weighted by Crippen LogP contribution is 2.39. The number of sulfonamides is 1. The molecule has 0 saturated carbocycles. The van der Waals surface area contributed by atoms with Crippen molar-refractivity contribution in [2.45, 2.75) is 37.9 Å². The zero-order valence-corrected chi connectivity index (χ0v) is 17.8. The summed E-state index contributed by atoms with van der Waals surface area (Å²) in [5.41, 5.74) is 11.6. The number of thiophene rings is 1. The van der Waals surface area contributed by atoms with Crippen LogP contribution in [0.1, 0.15) is 39.5 Å². The number of furan rings is 1. The molecule has 0 spiro atoms. The van der Waals surface area contributed by atoms with Gasteiger partial charge >= 0.3 is 0 Å². The Bertz CT molecular complexity index is 970. The fraction of sp³-hybridized carbons (Fsp3) is 0.412. The number of hydrogen-bond acceptors (Lipinski definition) is 7. The van der Waals surface area contributed by atoms with Crippen molar-refractivity contribution in [2.75, 3.05) is 6.54 Å². The van der Waals surface area contributed by atoms with E-state index in [-0.39, 0.29) is 33.5 Å². The topological polar surface area (TPSA) is 156 Å². The first-order valence-corrected chi connectivity index (χ1v) is 10.8. The Balaban J connectivity index is 2.37. The van der Waals surface area contributed by atoms with Gasteiger partial charge in [0.1, 0.15) is 17.5 Å². The average molecular weight is 428 g/mol. The maximum Gasteiger partial charge on any atom is 0.253 e. The molecule has 2 heterocycles. The third kappa shape index (κ3) is 4.91. The molecule has 0 unspecified atom stereocenters. The first-order valence-electron chi connectivity index (χ1n) is 8.48. The number of nitrogens with one attached hydrogen (secondary N) is 1. The number of aliphatic imine (C=N–C) groups is 2. The van der Waals surface area contributed by atoms with Crippen molar-refractivity contribution in [2.24, 2.45) is 26.9 Å². The standard InChI is InChI=1S/C17H25N5O4S2/c1-5-20-28(24,25)16-12(23)10(9-27-16)21-14(18)15(19)22-13(17(2,3)4)11-7-6-8-26-11/h6-9,13,20,23H,5H2,1-4H3,(H2,18,21)(H2,19,22)/t13-/m0/s1.